The number of esters is 1. The molecular formula is C14H18O3. The lowest BCUT2D eigenvalue weighted by Gasteiger charge is -2.20. The summed E-state index contributed by atoms with van der Waals surface area (Å²) in [5, 5.41) is 9.70. The second kappa shape index (κ2) is 5.32. The van der Waals surface area contributed by atoms with Crippen molar-refractivity contribution < 1.29 is 14.6 Å². The van der Waals surface area contributed by atoms with Crippen molar-refractivity contribution in [2.45, 2.75) is 38.2 Å². The van der Waals surface area contributed by atoms with Crippen LogP contribution in [0, 0.1) is 0 Å². The van der Waals surface area contributed by atoms with Crippen molar-refractivity contribution in [1.82, 2.24) is 0 Å². The van der Waals surface area contributed by atoms with E-state index in [1.54, 1.807) is 0 Å². The van der Waals surface area contributed by atoms with Crippen molar-refractivity contribution >= 4 is 5.97 Å². The van der Waals surface area contributed by atoms with Crippen molar-refractivity contribution in [3.8, 4) is 0 Å². The van der Waals surface area contributed by atoms with Gasteiger partial charge in [-0.05, 0) is 42.4 Å². The first-order chi connectivity index (χ1) is 8.22. The number of benzene rings is 1. The fourth-order valence-electron chi connectivity index (χ4n) is 2.48. The SMILES string of the molecule is COC(=O)C(O)Cc1cccc2c1CCCC2. The lowest BCUT2D eigenvalue weighted by Crippen LogP contribution is -2.25. The van der Waals surface area contributed by atoms with Crippen LogP contribution in [0.2, 0.25) is 0 Å². The zero-order valence-electron chi connectivity index (χ0n) is 10.1. The topological polar surface area (TPSA) is 46.5 Å². The van der Waals surface area contributed by atoms with E-state index in [0.29, 0.717) is 6.42 Å². The van der Waals surface area contributed by atoms with E-state index in [1.165, 1.54) is 31.1 Å². The summed E-state index contributed by atoms with van der Waals surface area (Å²) in [6.07, 6.45) is 3.90. The number of carbonyl (C=O) groups excluding carboxylic acids is 1. The smallest absolute Gasteiger partial charge is 0.335 e. The second-order valence-corrected chi connectivity index (χ2v) is 4.51. The van der Waals surface area contributed by atoms with Crippen molar-refractivity contribution in [2.75, 3.05) is 7.11 Å². The lowest BCUT2D eigenvalue weighted by molar-refractivity contribution is -0.150. The van der Waals surface area contributed by atoms with Crippen LogP contribution in [0.5, 0.6) is 0 Å². The average molecular weight is 234 g/mol. The molecule has 0 saturated heterocycles. The Bertz CT molecular complexity index is 412. The van der Waals surface area contributed by atoms with Gasteiger partial charge in [0.25, 0.3) is 0 Å². The molecule has 0 saturated carbocycles. The minimum Gasteiger partial charge on any atom is -0.467 e. The number of carbonyl (C=O) groups is 1. The molecule has 1 unspecified atom stereocenters. The molecule has 0 aliphatic heterocycles. The number of hydrogen-bond donors (Lipinski definition) is 1. The molecule has 0 amide bonds. The zero-order chi connectivity index (χ0) is 12.3. The molecule has 1 aromatic rings. The number of methoxy groups -OCH3 is 1. The molecule has 92 valence electrons. The quantitative estimate of drug-likeness (QED) is 0.809. The average Bonchev–Trinajstić information content (AvgIpc) is 2.38. The van der Waals surface area contributed by atoms with E-state index in [-0.39, 0.29) is 0 Å². The minimum absolute atomic E-state index is 0.357. The normalized spacial score (nSPS) is 16.1. The Kier molecular flexibility index (Phi) is 3.79. The first kappa shape index (κ1) is 12.1. The summed E-state index contributed by atoms with van der Waals surface area (Å²) in [6.45, 7) is 0. The van der Waals surface area contributed by atoms with E-state index in [9.17, 15) is 9.90 Å². The van der Waals surface area contributed by atoms with Crippen molar-refractivity contribution in [2.24, 2.45) is 0 Å². The largest absolute Gasteiger partial charge is 0.467 e. The van der Waals surface area contributed by atoms with E-state index in [2.05, 4.69) is 10.8 Å². The number of aliphatic hydroxyl groups excluding tert-OH is 1. The van der Waals surface area contributed by atoms with Crippen LogP contribution in [-0.4, -0.2) is 24.3 Å². The molecule has 0 heterocycles. The molecule has 1 aliphatic carbocycles. The summed E-state index contributed by atoms with van der Waals surface area (Å²) in [6, 6.07) is 6.14. The van der Waals surface area contributed by atoms with Crippen LogP contribution in [-0.2, 0) is 28.8 Å². The Hall–Kier alpha value is -1.35. The molecule has 0 fully saturated rings. The van der Waals surface area contributed by atoms with Crippen LogP contribution < -0.4 is 0 Å². The third kappa shape index (κ3) is 2.67. The number of ether oxygens (including phenoxy) is 1. The number of fused-ring (bicyclic) bond motifs is 1. The maximum absolute atomic E-state index is 11.2. The van der Waals surface area contributed by atoms with Crippen molar-refractivity contribution in [3.63, 3.8) is 0 Å². The molecule has 1 aliphatic rings. The van der Waals surface area contributed by atoms with E-state index in [1.807, 2.05) is 12.1 Å². The number of aliphatic hydroxyl groups is 1. The maximum atomic E-state index is 11.2. The summed E-state index contributed by atoms with van der Waals surface area (Å²) in [7, 11) is 1.30. The van der Waals surface area contributed by atoms with Gasteiger partial charge in [-0.1, -0.05) is 18.2 Å². The van der Waals surface area contributed by atoms with Crippen LogP contribution in [0.3, 0.4) is 0 Å². The summed E-state index contributed by atoms with van der Waals surface area (Å²) in [4.78, 5) is 11.2. The van der Waals surface area contributed by atoms with Crippen LogP contribution in [0.25, 0.3) is 0 Å². The predicted octanol–water partition coefficient (Wildman–Crippen LogP) is 1.64. The first-order valence-corrected chi connectivity index (χ1v) is 6.08. The van der Waals surface area contributed by atoms with Gasteiger partial charge < -0.3 is 9.84 Å². The third-order valence-corrected chi connectivity index (χ3v) is 3.38. The highest BCUT2D eigenvalue weighted by Crippen LogP contribution is 2.25. The molecule has 17 heavy (non-hydrogen) atoms. The summed E-state index contributed by atoms with van der Waals surface area (Å²) in [5.74, 6) is -0.557. The van der Waals surface area contributed by atoms with Gasteiger partial charge in [-0.25, -0.2) is 4.79 Å². The van der Waals surface area contributed by atoms with Crippen LogP contribution in [0.1, 0.15) is 29.5 Å². The van der Waals surface area contributed by atoms with Gasteiger partial charge in [-0.2, -0.15) is 0 Å². The van der Waals surface area contributed by atoms with Crippen molar-refractivity contribution in [3.05, 3.63) is 34.9 Å². The second-order valence-electron chi connectivity index (χ2n) is 4.51. The van der Waals surface area contributed by atoms with E-state index in [4.69, 9.17) is 0 Å². The van der Waals surface area contributed by atoms with Crippen LogP contribution >= 0.6 is 0 Å². The number of rotatable bonds is 3. The zero-order valence-corrected chi connectivity index (χ0v) is 10.1. The molecule has 0 bridgehead atoms. The molecule has 0 spiro atoms. The van der Waals surface area contributed by atoms with E-state index >= 15 is 0 Å². The third-order valence-electron chi connectivity index (χ3n) is 3.38. The monoisotopic (exact) mass is 234 g/mol. The number of aryl methyl sites for hydroxylation is 1. The van der Waals surface area contributed by atoms with Crippen molar-refractivity contribution in [1.29, 1.82) is 0 Å². The Morgan fingerprint density at radius 2 is 2.18 bits per heavy atom. The molecule has 1 N–H and O–H groups in total. The molecule has 3 nitrogen and oxygen atoms in total. The van der Waals surface area contributed by atoms with Gasteiger partial charge in [-0.3, -0.25) is 0 Å². The highest BCUT2D eigenvalue weighted by Gasteiger charge is 2.19. The summed E-state index contributed by atoms with van der Waals surface area (Å²) in [5.41, 5.74) is 3.77. The molecule has 3 heteroatoms. The van der Waals surface area contributed by atoms with Gasteiger partial charge in [-0.15, -0.1) is 0 Å². The Labute approximate surface area is 101 Å². The lowest BCUT2D eigenvalue weighted by atomic mass is 9.86. The highest BCUT2D eigenvalue weighted by molar-refractivity contribution is 5.74. The summed E-state index contributed by atoms with van der Waals surface area (Å²) < 4.78 is 4.54. The molecule has 2 rings (SSSR count). The number of hydrogen-bond acceptors (Lipinski definition) is 3. The van der Waals surface area contributed by atoms with Gasteiger partial charge in [0.05, 0.1) is 7.11 Å². The Morgan fingerprint density at radius 3 is 2.94 bits per heavy atom. The standard InChI is InChI=1S/C14H18O3/c1-17-14(16)13(15)9-11-7-4-6-10-5-2-3-8-12(10)11/h4,6-7,13,15H,2-3,5,8-9H2,1H3. The van der Waals surface area contributed by atoms with E-state index < -0.39 is 12.1 Å². The Balaban J connectivity index is 2.18. The first-order valence-electron chi connectivity index (χ1n) is 6.08. The highest BCUT2D eigenvalue weighted by atomic mass is 16.5. The minimum atomic E-state index is -1.05. The summed E-state index contributed by atoms with van der Waals surface area (Å²) >= 11 is 0. The molecular weight excluding hydrogens is 216 g/mol. The van der Waals surface area contributed by atoms with Crippen LogP contribution in [0.4, 0.5) is 0 Å². The Morgan fingerprint density at radius 1 is 1.41 bits per heavy atom. The predicted molar refractivity (Wildman–Crippen MR) is 64.8 cm³/mol. The van der Waals surface area contributed by atoms with Crippen LogP contribution in [0.15, 0.2) is 18.2 Å². The van der Waals surface area contributed by atoms with Gasteiger partial charge in [0.2, 0.25) is 0 Å². The van der Waals surface area contributed by atoms with Gasteiger partial charge >= 0.3 is 5.97 Å². The van der Waals surface area contributed by atoms with Gasteiger partial charge in [0.15, 0.2) is 6.10 Å². The van der Waals surface area contributed by atoms with Gasteiger partial charge in [0.1, 0.15) is 0 Å². The van der Waals surface area contributed by atoms with E-state index in [0.717, 1.165) is 18.4 Å². The molecule has 1 atom stereocenters. The maximum Gasteiger partial charge on any atom is 0.335 e. The van der Waals surface area contributed by atoms with Gasteiger partial charge in [0, 0.05) is 6.42 Å². The molecule has 1 aromatic carbocycles. The molecule has 0 radical (unpaired) electrons. The fourth-order valence-corrected chi connectivity index (χ4v) is 2.48. The fraction of sp³-hybridized carbons (Fsp3) is 0.500. The molecule has 0 aromatic heterocycles.